The van der Waals surface area contributed by atoms with Crippen molar-refractivity contribution in [2.75, 3.05) is 11.5 Å². The second kappa shape index (κ2) is 5.80. The van der Waals surface area contributed by atoms with Crippen LogP contribution in [0, 0.1) is 0 Å². The Bertz CT molecular complexity index is 860. The Morgan fingerprint density at radius 3 is 2.58 bits per heavy atom. The third kappa shape index (κ3) is 2.39. The topological polar surface area (TPSA) is 46.6 Å². The molecule has 1 atom stereocenters. The Labute approximate surface area is 144 Å². The SMILES string of the molecule is O=C1OCC2=C1[C@@H](c1cccc(Cl)c1)CC(=O)N2c1ccccc1. The van der Waals surface area contributed by atoms with Crippen LogP contribution in [0.3, 0.4) is 0 Å². The molecule has 2 aliphatic heterocycles. The van der Waals surface area contributed by atoms with Gasteiger partial charge >= 0.3 is 5.97 Å². The number of rotatable bonds is 2. The van der Waals surface area contributed by atoms with Crippen molar-refractivity contribution in [3.8, 4) is 0 Å². The second-order valence-electron chi connectivity index (χ2n) is 5.81. The summed E-state index contributed by atoms with van der Waals surface area (Å²) in [5.74, 6) is -0.729. The summed E-state index contributed by atoms with van der Waals surface area (Å²) in [6.07, 6.45) is 0.211. The number of para-hydroxylation sites is 1. The van der Waals surface area contributed by atoms with Gasteiger partial charge in [0.05, 0.1) is 11.3 Å². The lowest BCUT2D eigenvalue weighted by atomic mass is 9.84. The van der Waals surface area contributed by atoms with Crippen molar-refractivity contribution >= 4 is 29.2 Å². The van der Waals surface area contributed by atoms with E-state index in [1.54, 1.807) is 17.0 Å². The molecule has 0 fully saturated rings. The van der Waals surface area contributed by atoms with Gasteiger partial charge in [-0.05, 0) is 29.8 Å². The van der Waals surface area contributed by atoms with E-state index in [2.05, 4.69) is 0 Å². The molecule has 0 saturated heterocycles. The number of cyclic esters (lactones) is 1. The minimum absolute atomic E-state index is 0.0526. The third-order valence-electron chi connectivity index (χ3n) is 4.38. The van der Waals surface area contributed by atoms with E-state index >= 15 is 0 Å². The Morgan fingerprint density at radius 2 is 1.83 bits per heavy atom. The molecule has 24 heavy (non-hydrogen) atoms. The number of amides is 1. The zero-order valence-electron chi connectivity index (χ0n) is 12.7. The molecule has 4 rings (SSSR count). The Hall–Kier alpha value is -2.59. The number of ether oxygens (including phenoxy) is 1. The van der Waals surface area contributed by atoms with E-state index in [9.17, 15) is 9.59 Å². The van der Waals surface area contributed by atoms with E-state index in [0.717, 1.165) is 11.3 Å². The summed E-state index contributed by atoms with van der Waals surface area (Å²) in [7, 11) is 0. The van der Waals surface area contributed by atoms with Crippen LogP contribution in [0.15, 0.2) is 65.9 Å². The largest absolute Gasteiger partial charge is 0.456 e. The van der Waals surface area contributed by atoms with Gasteiger partial charge in [0, 0.05) is 23.0 Å². The van der Waals surface area contributed by atoms with Crippen LogP contribution in [0.5, 0.6) is 0 Å². The summed E-state index contributed by atoms with van der Waals surface area (Å²) >= 11 is 6.08. The highest BCUT2D eigenvalue weighted by molar-refractivity contribution is 6.30. The summed E-state index contributed by atoms with van der Waals surface area (Å²) in [5.41, 5.74) is 2.79. The van der Waals surface area contributed by atoms with Gasteiger partial charge in [0.25, 0.3) is 0 Å². The van der Waals surface area contributed by atoms with Crippen molar-refractivity contribution in [1.82, 2.24) is 0 Å². The molecule has 0 aliphatic carbocycles. The van der Waals surface area contributed by atoms with Gasteiger partial charge in [0.1, 0.15) is 6.61 Å². The first kappa shape index (κ1) is 15.0. The Morgan fingerprint density at radius 1 is 1.04 bits per heavy atom. The smallest absolute Gasteiger partial charge is 0.336 e. The van der Waals surface area contributed by atoms with Gasteiger partial charge in [-0.1, -0.05) is 41.9 Å². The molecule has 120 valence electrons. The minimum atomic E-state index is -0.358. The van der Waals surface area contributed by atoms with Crippen molar-refractivity contribution in [1.29, 1.82) is 0 Å². The number of esters is 1. The van der Waals surface area contributed by atoms with Gasteiger partial charge in [0.15, 0.2) is 0 Å². The van der Waals surface area contributed by atoms with Crippen LogP contribution in [0.25, 0.3) is 0 Å². The Balaban J connectivity index is 1.84. The molecule has 1 amide bonds. The molecule has 2 aliphatic rings. The molecule has 0 unspecified atom stereocenters. The number of carbonyl (C=O) groups is 2. The summed E-state index contributed by atoms with van der Waals surface area (Å²) in [4.78, 5) is 26.7. The highest BCUT2D eigenvalue weighted by Crippen LogP contribution is 2.42. The average molecular weight is 340 g/mol. The molecule has 0 aromatic heterocycles. The maximum atomic E-state index is 12.8. The average Bonchev–Trinajstić information content (AvgIpc) is 2.96. The van der Waals surface area contributed by atoms with E-state index < -0.39 is 0 Å². The molecule has 0 N–H and O–H groups in total. The van der Waals surface area contributed by atoms with Crippen molar-refractivity contribution in [3.05, 3.63) is 76.5 Å². The van der Waals surface area contributed by atoms with Crippen LogP contribution in [-0.4, -0.2) is 18.5 Å². The van der Waals surface area contributed by atoms with Crippen molar-refractivity contribution in [2.45, 2.75) is 12.3 Å². The number of carbonyl (C=O) groups excluding carboxylic acids is 2. The highest BCUT2D eigenvalue weighted by atomic mass is 35.5. The van der Waals surface area contributed by atoms with Gasteiger partial charge in [-0.15, -0.1) is 0 Å². The van der Waals surface area contributed by atoms with E-state index in [4.69, 9.17) is 16.3 Å². The zero-order chi connectivity index (χ0) is 16.7. The fourth-order valence-corrected chi connectivity index (χ4v) is 3.54. The summed E-state index contributed by atoms with van der Waals surface area (Å²) in [5, 5.41) is 0.582. The van der Waals surface area contributed by atoms with Crippen molar-refractivity contribution < 1.29 is 14.3 Å². The molecule has 0 radical (unpaired) electrons. The molecule has 2 aromatic carbocycles. The van der Waals surface area contributed by atoms with Gasteiger partial charge in [-0.3, -0.25) is 9.69 Å². The fraction of sp³-hybridized carbons (Fsp3) is 0.158. The standard InChI is InChI=1S/C19H14ClNO3/c20-13-6-4-5-12(9-13)15-10-17(22)21(14-7-2-1-3-8-14)16-11-24-19(23)18(15)16/h1-9,15H,10-11H2/t15-/m1/s1. The lowest BCUT2D eigenvalue weighted by Crippen LogP contribution is -2.37. The Kier molecular flexibility index (Phi) is 3.62. The predicted molar refractivity (Wildman–Crippen MR) is 90.7 cm³/mol. The number of anilines is 1. The number of hydrogen-bond donors (Lipinski definition) is 0. The number of hydrogen-bond acceptors (Lipinski definition) is 3. The maximum Gasteiger partial charge on any atom is 0.336 e. The summed E-state index contributed by atoms with van der Waals surface area (Å²) in [6.45, 7) is 0.117. The predicted octanol–water partition coefficient (Wildman–Crippen LogP) is 3.67. The monoisotopic (exact) mass is 339 g/mol. The first-order valence-corrected chi connectivity index (χ1v) is 8.06. The third-order valence-corrected chi connectivity index (χ3v) is 4.62. The summed E-state index contributed by atoms with van der Waals surface area (Å²) < 4.78 is 5.24. The maximum absolute atomic E-state index is 12.8. The number of benzene rings is 2. The molecule has 0 saturated carbocycles. The molecular formula is C19H14ClNO3. The lowest BCUT2D eigenvalue weighted by molar-refractivity contribution is -0.136. The molecule has 0 spiro atoms. The van der Waals surface area contributed by atoms with Gasteiger partial charge in [-0.2, -0.15) is 0 Å². The first-order valence-electron chi connectivity index (χ1n) is 7.69. The van der Waals surface area contributed by atoms with Crippen LogP contribution < -0.4 is 4.90 Å². The fourth-order valence-electron chi connectivity index (χ4n) is 3.34. The molecule has 0 bridgehead atoms. The number of halogens is 1. The van der Waals surface area contributed by atoms with Gasteiger partial charge in [0.2, 0.25) is 5.91 Å². The molecule has 5 heteroatoms. The summed E-state index contributed by atoms with van der Waals surface area (Å²) in [6, 6.07) is 16.6. The minimum Gasteiger partial charge on any atom is -0.456 e. The molecule has 2 aromatic rings. The van der Waals surface area contributed by atoms with E-state index in [-0.39, 0.29) is 30.8 Å². The zero-order valence-corrected chi connectivity index (χ0v) is 13.5. The van der Waals surface area contributed by atoms with Crippen molar-refractivity contribution in [3.63, 3.8) is 0 Å². The van der Waals surface area contributed by atoms with E-state index in [0.29, 0.717) is 16.3 Å². The normalized spacial score (nSPS) is 20.2. The van der Waals surface area contributed by atoms with Crippen LogP contribution >= 0.6 is 11.6 Å². The van der Waals surface area contributed by atoms with Crippen LogP contribution in [-0.2, 0) is 14.3 Å². The quantitative estimate of drug-likeness (QED) is 0.784. The number of nitrogens with zero attached hydrogens (tertiary/aromatic N) is 1. The highest BCUT2D eigenvalue weighted by Gasteiger charge is 2.42. The van der Waals surface area contributed by atoms with Crippen molar-refractivity contribution in [2.24, 2.45) is 0 Å². The van der Waals surface area contributed by atoms with Crippen LogP contribution in [0.2, 0.25) is 5.02 Å². The van der Waals surface area contributed by atoms with E-state index in [1.807, 2.05) is 42.5 Å². The van der Waals surface area contributed by atoms with E-state index in [1.165, 1.54) is 0 Å². The lowest BCUT2D eigenvalue weighted by Gasteiger charge is -2.31. The molecule has 2 heterocycles. The van der Waals surface area contributed by atoms with Gasteiger partial charge in [-0.25, -0.2) is 4.79 Å². The van der Waals surface area contributed by atoms with Crippen LogP contribution in [0.4, 0.5) is 5.69 Å². The molecular weight excluding hydrogens is 326 g/mol. The first-order chi connectivity index (χ1) is 11.6. The van der Waals surface area contributed by atoms with Crippen LogP contribution in [0.1, 0.15) is 17.9 Å². The second-order valence-corrected chi connectivity index (χ2v) is 6.25. The molecule has 4 nitrogen and oxygen atoms in total. The van der Waals surface area contributed by atoms with Gasteiger partial charge < -0.3 is 4.74 Å².